The summed E-state index contributed by atoms with van der Waals surface area (Å²) >= 11 is 0. The van der Waals surface area contributed by atoms with Crippen LogP contribution < -0.4 is 15.8 Å². The Morgan fingerprint density at radius 2 is 2.03 bits per heavy atom. The fourth-order valence-corrected chi connectivity index (χ4v) is 3.44. The Morgan fingerprint density at radius 3 is 2.81 bits per heavy atom. The minimum absolute atomic E-state index is 0.199. The molecule has 0 bridgehead atoms. The highest BCUT2D eigenvalue weighted by Crippen LogP contribution is 2.25. The molecule has 1 amide bonds. The van der Waals surface area contributed by atoms with Gasteiger partial charge in [-0.15, -0.1) is 5.10 Å². The summed E-state index contributed by atoms with van der Waals surface area (Å²) in [6, 6.07) is 15.6. The highest BCUT2D eigenvalue weighted by Gasteiger charge is 2.16. The van der Waals surface area contributed by atoms with E-state index in [9.17, 15) is 4.79 Å². The van der Waals surface area contributed by atoms with Crippen molar-refractivity contribution < 1.29 is 9.53 Å². The van der Waals surface area contributed by atoms with E-state index in [1.54, 1.807) is 23.0 Å². The number of benzene rings is 1. The first-order valence-electron chi connectivity index (χ1n) is 10.0. The standard InChI is InChI=1S/C23H24N6O2/c1-15(16-6-4-3-5-7-16)8-10-25-22(30)18-13-19(26-14-20(18)31-2)17-9-11-29-21(12-17)27-23(24)28-29/h3-7,9,11-15H,8,10H2,1-2H3,(H2,24,28)(H,25,30). The average molecular weight is 416 g/mol. The van der Waals surface area contributed by atoms with Crippen molar-refractivity contribution in [1.29, 1.82) is 0 Å². The summed E-state index contributed by atoms with van der Waals surface area (Å²) in [6.45, 7) is 2.71. The molecule has 4 aromatic rings. The molecule has 0 aliphatic carbocycles. The summed E-state index contributed by atoms with van der Waals surface area (Å²) in [4.78, 5) is 21.5. The summed E-state index contributed by atoms with van der Waals surface area (Å²) in [5, 5.41) is 7.07. The van der Waals surface area contributed by atoms with E-state index in [1.165, 1.54) is 12.7 Å². The van der Waals surface area contributed by atoms with E-state index in [1.807, 2.05) is 30.3 Å². The van der Waals surface area contributed by atoms with Gasteiger partial charge in [-0.3, -0.25) is 9.78 Å². The molecule has 0 fully saturated rings. The summed E-state index contributed by atoms with van der Waals surface area (Å²) in [5.41, 5.74) is 9.38. The molecule has 4 rings (SSSR count). The first kappa shape index (κ1) is 20.3. The third kappa shape index (κ3) is 4.48. The molecule has 0 saturated heterocycles. The highest BCUT2D eigenvalue weighted by atomic mass is 16.5. The minimum Gasteiger partial charge on any atom is -0.494 e. The smallest absolute Gasteiger partial charge is 0.255 e. The molecule has 0 spiro atoms. The van der Waals surface area contributed by atoms with Crippen LogP contribution in [-0.2, 0) is 0 Å². The van der Waals surface area contributed by atoms with E-state index in [0.29, 0.717) is 35.1 Å². The number of carbonyl (C=O) groups excluding carboxylic acids is 1. The highest BCUT2D eigenvalue weighted by molar-refractivity contribution is 5.97. The number of hydrogen-bond donors (Lipinski definition) is 2. The van der Waals surface area contributed by atoms with Crippen molar-refractivity contribution in [2.45, 2.75) is 19.3 Å². The summed E-state index contributed by atoms with van der Waals surface area (Å²) in [6.07, 6.45) is 4.14. The number of hydrogen-bond acceptors (Lipinski definition) is 6. The third-order valence-electron chi connectivity index (χ3n) is 5.21. The van der Waals surface area contributed by atoms with Gasteiger partial charge in [0.1, 0.15) is 5.75 Å². The van der Waals surface area contributed by atoms with E-state index in [2.05, 4.69) is 39.4 Å². The first-order valence-corrected chi connectivity index (χ1v) is 10.0. The maximum absolute atomic E-state index is 12.9. The summed E-state index contributed by atoms with van der Waals surface area (Å²) < 4.78 is 6.95. The lowest BCUT2D eigenvalue weighted by Gasteiger charge is -2.14. The predicted molar refractivity (Wildman–Crippen MR) is 119 cm³/mol. The van der Waals surface area contributed by atoms with E-state index in [-0.39, 0.29) is 11.9 Å². The molecule has 0 aliphatic rings. The SMILES string of the molecule is COc1cnc(-c2ccn3nc(N)nc3c2)cc1C(=O)NCCC(C)c1ccccc1. The van der Waals surface area contributed by atoms with Gasteiger partial charge >= 0.3 is 0 Å². The number of methoxy groups -OCH3 is 1. The Labute approximate surface area is 180 Å². The fraction of sp³-hybridized carbons (Fsp3) is 0.217. The zero-order valence-corrected chi connectivity index (χ0v) is 17.4. The Hall–Kier alpha value is -3.94. The normalized spacial score (nSPS) is 11.9. The zero-order chi connectivity index (χ0) is 21.8. The van der Waals surface area contributed by atoms with Crippen molar-refractivity contribution in [3.63, 3.8) is 0 Å². The number of nitrogens with two attached hydrogens (primary N) is 1. The monoisotopic (exact) mass is 416 g/mol. The van der Waals surface area contributed by atoms with Crippen molar-refractivity contribution in [2.75, 3.05) is 19.4 Å². The van der Waals surface area contributed by atoms with Crippen LogP contribution in [0.15, 0.2) is 60.9 Å². The predicted octanol–water partition coefficient (Wildman–Crippen LogP) is 3.31. The Morgan fingerprint density at radius 1 is 1.23 bits per heavy atom. The number of aromatic nitrogens is 4. The fourth-order valence-electron chi connectivity index (χ4n) is 3.44. The molecule has 1 aromatic carbocycles. The zero-order valence-electron chi connectivity index (χ0n) is 17.4. The van der Waals surface area contributed by atoms with Gasteiger partial charge < -0.3 is 15.8 Å². The van der Waals surface area contributed by atoms with E-state index in [0.717, 1.165) is 12.0 Å². The quantitative estimate of drug-likeness (QED) is 0.479. The van der Waals surface area contributed by atoms with Crippen molar-refractivity contribution in [2.24, 2.45) is 0 Å². The van der Waals surface area contributed by atoms with Crippen molar-refractivity contribution >= 4 is 17.5 Å². The number of fused-ring (bicyclic) bond motifs is 1. The molecule has 3 N–H and O–H groups in total. The number of amides is 1. The van der Waals surface area contributed by atoms with E-state index < -0.39 is 0 Å². The Bertz CT molecular complexity index is 1210. The van der Waals surface area contributed by atoms with Crippen LogP contribution in [0.5, 0.6) is 5.75 Å². The molecule has 3 heterocycles. The molecule has 1 unspecified atom stereocenters. The van der Waals surface area contributed by atoms with Crippen LogP contribution in [-0.4, -0.2) is 39.1 Å². The van der Waals surface area contributed by atoms with Gasteiger partial charge in [-0.05, 0) is 36.1 Å². The number of ether oxygens (including phenoxy) is 1. The molecule has 0 radical (unpaired) electrons. The molecule has 0 aliphatic heterocycles. The molecule has 8 nitrogen and oxygen atoms in total. The second-order valence-corrected chi connectivity index (χ2v) is 7.31. The molecule has 1 atom stereocenters. The van der Waals surface area contributed by atoms with Crippen LogP contribution in [0.4, 0.5) is 5.95 Å². The van der Waals surface area contributed by atoms with Crippen LogP contribution in [0, 0.1) is 0 Å². The van der Waals surface area contributed by atoms with Gasteiger partial charge in [0, 0.05) is 18.3 Å². The topological polar surface area (TPSA) is 107 Å². The lowest BCUT2D eigenvalue weighted by atomic mass is 9.98. The molecular formula is C23H24N6O2. The maximum atomic E-state index is 12.9. The lowest BCUT2D eigenvalue weighted by Crippen LogP contribution is -2.26. The van der Waals surface area contributed by atoms with Gasteiger partial charge in [-0.25, -0.2) is 4.52 Å². The van der Waals surface area contributed by atoms with Gasteiger partial charge in [-0.2, -0.15) is 4.98 Å². The number of pyridine rings is 2. The third-order valence-corrected chi connectivity index (χ3v) is 5.21. The van der Waals surface area contributed by atoms with Crippen molar-refractivity contribution in [1.82, 2.24) is 24.9 Å². The van der Waals surface area contributed by atoms with Crippen LogP contribution in [0.3, 0.4) is 0 Å². The average Bonchev–Trinajstić information content (AvgIpc) is 3.18. The second kappa shape index (κ2) is 8.83. The van der Waals surface area contributed by atoms with Crippen LogP contribution >= 0.6 is 0 Å². The van der Waals surface area contributed by atoms with Crippen LogP contribution in [0.25, 0.3) is 16.9 Å². The number of anilines is 1. The molecule has 0 saturated carbocycles. The van der Waals surface area contributed by atoms with Gasteiger partial charge in [-0.1, -0.05) is 37.3 Å². The molecule has 158 valence electrons. The van der Waals surface area contributed by atoms with E-state index >= 15 is 0 Å². The Balaban J connectivity index is 1.50. The summed E-state index contributed by atoms with van der Waals surface area (Å²) in [7, 11) is 1.52. The number of nitrogen functional groups attached to an aromatic ring is 1. The number of nitrogens with zero attached hydrogens (tertiary/aromatic N) is 4. The first-order chi connectivity index (χ1) is 15.0. The van der Waals surface area contributed by atoms with Crippen LogP contribution in [0.1, 0.15) is 35.2 Å². The number of nitrogens with one attached hydrogen (secondary N) is 1. The van der Waals surface area contributed by atoms with Gasteiger partial charge in [0.2, 0.25) is 5.95 Å². The van der Waals surface area contributed by atoms with Crippen LogP contribution in [0.2, 0.25) is 0 Å². The van der Waals surface area contributed by atoms with Gasteiger partial charge in [0.25, 0.3) is 5.91 Å². The summed E-state index contributed by atoms with van der Waals surface area (Å²) in [5.74, 6) is 0.766. The molecule has 8 heteroatoms. The van der Waals surface area contributed by atoms with Gasteiger partial charge in [0.15, 0.2) is 5.65 Å². The van der Waals surface area contributed by atoms with E-state index in [4.69, 9.17) is 10.5 Å². The van der Waals surface area contributed by atoms with Gasteiger partial charge in [0.05, 0.1) is 24.6 Å². The van der Waals surface area contributed by atoms with Crippen molar-refractivity contribution in [3.8, 4) is 17.0 Å². The van der Waals surface area contributed by atoms with Crippen molar-refractivity contribution in [3.05, 3.63) is 72.1 Å². The minimum atomic E-state index is -0.200. The maximum Gasteiger partial charge on any atom is 0.255 e. The molecule has 3 aromatic heterocycles. The number of rotatable bonds is 7. The second-order valence-electron chi connectivity index (χ2n) is 7.31. The number of carbonyl (C=O) groups is 1. The molecule has 31 heavy (non-hydrogen) atoms. The largest absolute Gasteiger partial charge is 0.494 e. The molecular weight excluding hydrogens is 392 g/mol. The Kier molecular flexibility index (Phi) is 5.79. The lowest BCUT2D eigenvalue weighted by molar-refractivity contribution is 0.0949.